The summed E-state index contributed by atoms with van der Waals surface area (Å²) in [6.07, 6.45) is 3.74. The third kappa shape index (κ3) is 3.71. The molecule has 0 saturated carbocycles. The highest BCUT2D eigenvalue weighted by molar-refractivity contribution is 5.80. The van der Waals surface area contributed by atoms with Gasteiger partial charge >= 0.3 is 0 Å². The number of pyridine rings is 1. The highest BCUT2D eigenvalue weighted by Gasteiger charge is 2.25. The Kier molecular flexibility index (Phi) is 4.93. The molecule has 6 heteroatoms. The van der Waals surface area contributed by atoms with Crippen molar-refractivity contribution < 1.29 is 9.53 Å². The van der Waals surface area contributed by atoms with Crippen molar-refractivity contribution in [1.82, 2.24) is 19.2 Å². The number of hydrogen-bond acceptors (Lipinski definition) is 4. The van der Waals surface area contributed by atoms with Gasteiger partial charge in [0.2, 0.25) is 0 Å². The van der Waals surface area contributed by atoms with Crippen LogP contribution in [-0.4, -0.2) is 64.0 Å². The summed E-state index contributed by atoms with van der Waals surface area (Å²) in [5.41, 5.74) is 2.04. The fourth-order valence-corrected chi connectivity index (χ4v) is 3.00. The van der Waals surface area contributed by atoms with Crippen molar-refractivity contribution in [2.45, 2.75) is 26.5 Å². The van der Waals surface area contributed by atoms with Crippen LogP contribution in [-0.2, 0) is 16.1 Å². The largest absolute Gasteiger partial charge is 0.369 e. The molecular weight excluding hydrogens is 292 g/mol. The average molecular weight is 316 g/mol. The molecule has 124 valence electrons. The lowest BCUT2D eigenvalue weighted by atomic mass is 10.2. The van der Waals surface area contributed by atoms with Crippen LogP contribution in [0.2, 0.25) is 0 Å². The maximum Gasteiger partial charge on any atom is 0.251 e. The number of fused-ring (bicyclic) bond motifs is 1. The molecule has 3 rings (SSSR count). The molecule has 6 nitrogen and oxygen atoms in total. The molecule has 1 amide bonds. The molecule has 0 N–H and O–H groups in total. The van der Waals surface area contributed by atoms with E-state index in [1.807, 2.05) is 47.5 Å². The summed E-state index contributed by atoms with van der Waals surface area (Å²) in [6, 6.07) is 6.01. The molecule has 23 heavy (non-hydrogen) atoms. The van der Waals surface area contributed by atoms with Gasteiger partial charge in [-0.05, 0) is 26.0 Å². The molecule has 0 aliphatic carbocycles. The Bertz CT molecular complexity index is 628. The van der Waals surface area contributed by atoms with Crippen molar-refractivity contribution in [1.29, 1.82) is 0 Å². The molecule has 0 bridgehead atoms. The summed E-state index contributed by atoms with van der Waals surface area (Å²) in [7, 11) is 0. The minimum atomic E-state index is -0.343. The monoisotopic (exact) mass is 316 g/mol. The quantitative estimate of drug-likeness (QED) is 0.837. The second kappa shape index (κ2) is 7.10. The van der Waals surface area contributed by atoms with E-state index in [1.54, 1.807) is 0 Å². The number of piperazine rings is 1. The first-order valence-corrected chi connectivity index (χ1v) is 8.22. The van der Waals surface area contributed by atoms with Crippen LogP contribution < -0.4 is 0 Å². The lowest BCUT2D eigenvalue weighted by molar-refractivity contribution is -0.144. The number of aromatic nitrogens is 2. The highest BCUT2D eigenvalue weighted by atomic mass is 16.5. The van der Waals surface area contributed by atoms with Gasteiger partial charge in [-0.3, -0.25) is 9.69 Å². The first-order valence-electron chi connectivity index (χ1n) is 8.22. The third-order valence-corrected chi connectivity index (χ3v) is 4.25. The van der Waals surface area contributed by atoms with Gasteiger partial charge in [-0.1, -0.05) is 6.07 Å². The Morgan fingerprint density at radius 2 is 2.09 bits per heavy atom. The molecule has 2 aromatic heterocycles. The average Bonchev–Trinajstić information content (AvgIpc) is 2.97. The number of nitrogens with zero attached hydrogens (tertiary/aromatic N) is 4. The Labute approximate surface area is 136 Å². The molecule has 1 aliphatic heterocycles. The van der Waals surface area contributed by atoms with Crippen LogP contribution in [0.3, 0.4) is 0 Å². The molecule has 1 saturated heterocycles. The highest BCUT2D eigenvalue weighted by Crippen LogP contribution is 2.11. The fraction of sp³-hybridized carbons (Fsp3) is 0.529. The summed E-state index contributed by atoms with van der Waals surface area (Å²) in [6.45, 7) is 8.39. The molecule has 0 radical (unpaired) electrons. The third-order valence-electron chi connectivity index (χ3n) is 4.25. The molecule has 2 aromatic rings. The number of rotatable bonds is 5. The van der Waals surface area contributed by atoms with E-state index in [1.165, 1.54) is 0 Å². The molecule has 3 heterocycles. The smallest absolute Gasteiger partial charge is 0.251 e. The van der Waals surface area contributed by atoms with Crippen molar-refractivity contribution in [2.24, 2.45) is 0 Å². The van der Waals surface area contributed by atoms with Crippen LogP contribution in [0.1, 0.15) is 19.5 Å². The lowest BCUT2D eigenvalue weighted by Crippen LogP contribution is -2.51. The number of carbonyl (C=O) groups is 1. The van der Waals surface area contributed by atoms with Gasteiger partial charge in [-0.2, -0.15) is 0 Å². The first-order chi connectivity index (χ1) is 11.2. The number of imidazole rings is 1. The Balaban J connectivity index is 1.53. The number of carbonyl (C=O) groups excluding carboxylic acids is 1. The van der Waals surface area contributed by atoms with Gasteiger partial charge in [0.05, 0.1) is 5.69 Å². The maximum absolute atomic E-state index is 12.2. The van der Waals surface area contributed by atoms with E-state index in [0.29, 0.717) is 6.61 Å². The minimum Gasteiger partial charge on any atom is -0.369 e. The molecule has 0 spiro atoms. The van der Waals surface area contributed by atoms with Gasteiger partial charge in [-0.15, -0.1) is 0 Å². The number of ether oxygens (including phenoxy) is 1. The van der Waals surface area contributed by atoms with Crippen LogP contribution >= 0.6 is 0 Å². The SMILES string of the molecule is CCOC(C)C(=O)N1CCN(Cc2cn3ccccc3n2)CC1. The minimum absolute atomic E-state index is 0.0965. The summed E-state index contributed by atoms with van der Waals surface area (Å²) in [5.74, 6) is 0.0965. The molecule has 0 aromatic carbocycles. The van der Waals surface area contributed by atoms with Crippen LogP contribution in [0.25, 0.3) is 5.65 Å². The second-order valence-corrected chi connectivity index (χ2v) is 5.90. The van der Waals surface area contributed by atoms with Crippen LogP contribution in [0.4, 0.5) is 0 Å². The first kappa shape index (κ1) is 16.0. The molecule has 1 atom stereocenters. The Hall–Kier alpha value is -1.92. The molecule has 1 unspecified atom stereocenters. The zero-order valence-electron chi connectivity index (χ0n) is 13.8. The van der Waals surface area contributed by atoms with E-state index in [2.05, 4.69) is 16.1 Å². The van der Waals surface area contributed by atoms with Gasteiger partial charge in [-0.25, -0.2) is 4.98 Å². The standard InChI is InChI=1S/C17H24N4O2/c1-3-23-14(2)17(22)20-10-8-19(9-11-20)12-15-13-21-7-5-4-6-16(21)18-15/h4-7,13-14H,3,8-12H2,1-2H3. The van der Waals surface area contributed by atoms with E-state index in [4.69, 9.17) is 4.74 Å². The Morgan fingerprint density at radius 1 is 1.30 bits per heavy atom. The van der Waals surface area contributed by atoms with E-state index in [-0.39, 0.29) is 12.0 Å². The summed E-state index contributed by atoms with van der Waals surface area (Å²) in [4.78, 5) is 21.1. The maximum atomic E-state index is 12.2. The molecule has 1 fully saturated rings. The van der Waals surface area contributed by atoms with Gasteiger partial charge in [0.25, 0.3) is 5.91 Å². The van der Waals surface area contributed by atoms with Gasteiger partial charge in [0, 0.05) is 51.7 Å². The van der Waals surface area contributed by atoms with Crippen molar-refractivity contribution in [2.75, 3.05) is 32.8 Å². The number of amides is 1. The summed E-state index contributed by atoms with van der Waals surface area (Å²) in [5, 5.41) is 0. The van der Waals surface area contributed by atoms with Gasteiger partial charge < -0.3 is 14.0 Å². The summed E-state index contributed by atoms with van der Waals surface area (Å²) >= 11 is 0. The van der Waals surface area contributed by atoms with Crippen LogP contribution in [0.15, 0.2) is 30.6 Å². The van der Waals surface area contributed by atoms with Gasteiger partial charge in [0.1, 0.15) is 11.8 Å². The second-order valence-electron chi connectivity index (χ2n) is 5.90. The molecular formula is C17H24N4O2. The van der Waals surface area contributed by atoms with Gasteiger partial charge in [0.15, 0.2) is 0 Å². The topological polar surface area (TPSA) is 50.1 Å². The van der Waals surface area contributed by atoms with E-state index in [9.17, 15) is 4.79 Å². The van der Waals surface area contributed by atoms with Crippen LogP contribution in [0.5, 0.6) is 0 Å². The van der Waals surface area contributed by atoms with E-state index in [0.717, 1.165) is 44.1 Å². The predicted molar refractivity (Wildman–Crippen MR) is 88.1 cm³/mol. The lowest BCUT2D eigenvalue weighted by Gasteiger charge is -2.35. The molecule has 1 aliphatic rings. The zero-order valence-corrected chi connectivity index (χ0v) is 13.8. The number of hydrogen-bond donors (Lipinski definition) is 0. The predicted octanol–water partition coefficient (Wildman–Crippen LogP) is 1.40. The fourth-order valence-electron chi connectivity index (χ4n) is 3.00. The van der Waals surface area contributed by atoms with Crippen molar-refractivity contribution >= 4 is 11.6 Å². The Morgan fingerprint density at radius 3 is 2.78 bits per heavy atom. The van der Waals surface area contributed by atoms with Crippen molar-refractivity contribution in [3.05, 3.63) is 36.3 Å². The van der Waals surface area contributed by atoms with Crippen molar-refractivity contribution in [3.8, 4) is 0 Å². The van der Waals surface area contributed by atoms with Crippen LogP contribution in [0, 0.1) is 0 Å². The zero-order chi connectivity index (χ0) is 16.2. The van der Waals surface area contributed by atoms with E-state index < -0.39 is 0 Å². The summed E-state index contributed by atoms with van der Waals surface area (Å²) < 4.78 is 7.44. The normalized spacial score (nSPS) is 17.6. The van der Waals surface area contributed by atoms with Crippen molar-refractivity contribution in [3.63, 3.8) is 0 Å². The van der Waals surface area contributed by atoms with E-state index >= 15 is 0 Å².